The Kier molecular flexibility index (Phi) is 4.84. The van der Waals surface area contributed by atoms with Crippen LogP contribution in [0, 0.1) is 11.3 Å². The summed E-state index contributed by atoms with van der Waals surface area (Å²) in [6.07, 6.45) is 2.88. The van der Waals surface area contributed by atoms with Crippen LogP contribution < -0.4 is 0 Å². The van der Waals surface area contributed by atoms with Crippen molar-refractivity contribution in [2.45, 2.75) is 51.8 Å². The van der Waals surface area contributed by atoms with Gasteiger partial charge in [0.1, 0.15) is 0 Å². The molecule has 0 radical (unpaired) electrons. The number of hydrogen-bond acceptors (Lipinski definition) is 1. The van der Waals surface area contributed by atoms with E-state index in [0.29, 0.717) is 23.1 Å². The predicted octanol–water partition coefficient (Wildman–Crippen LogP) is 3.44. The standard InChI is InChI=1S/C13H24BrNO/c1-10(13(2,3)4)9-12(16)15-7-5-11(14)6-8-15/h10-11H,5-9H2,1-4H3. The normalized spacial score (nSPS) is 20.9. The van der Waals surface area contributed by atoms with Crippen LogP contribution in [0.3, 0.4) is 0 Å². The van der Waals surface area contributed by atoms with E-state index in [2.05, 4.69) is 43.6 Å². The number of likely N-dealkylation sites (tertiary alicyclic amines) is 1. The fourth-order valence-electron chi connectivity index (χ4n) is 1.79. The van der Waals surface area contributed by atoms with Crippen LogP contribution in [-0.4, -0.2) is 28.7 Å². The first-order valence-corrected chi connectivity index (χ1v) is 7.14. The van der Waals surface area contributed by atoms with E-state index in [0.717, 1.165) is 25.9 Å². The van der Waals surface area contributed by atoms with Crippen molar-refractivity contribution < 1.29 is 4.79 Å². The van der Waals surface area contributed by atoms with Gasteiger partial charge in [-0.1, -0.05) is 43.6 Å². The maximum Gasteiger partial charge on any atom is 0.222 e. The zero-order chi connectivity index (χ0) is 12.3. The Morgan fingerprint density at radius 2 is 1.88 bits per heavy atom. The number of halogens is 1. The van der Waals surface area contributed by atoms with Crippen molar-refractivity contribution in [2.75, 3.05) is 13.1 Å². The van der Waals surface area contributed by atoms with Crippen LogP contribution in [0.25, 0.3) is 0 Å². The topological polar surface area (TPSA) is 20.3 Å². The van der Waals surface area contributed by atoms with Crippen molar-refractivity contribution >= 4 is 21.8 Å². The van der Waals surface area contributed by atoms with E-state index < -0.39 is 0 Å². The lowest BCUT2D eigenvalue weighted by Crippen LogP contribution is -2.40. The van der Waals surface area contributed by atoms with Gasteiger partial charge in [0.15, 0.2) is 0 Å². The van der Waals surface area contributed by atoms with Crippen molar-refractivity contribution in [3.05, 3.63) is 0 Å². The molecule has 0 aromatic rings. The number of amides is 1. The largest absolute Gasteiger partial charge is 0.343 e. The van der Waals surface area contributed by atoms with Gasteiger partial charge in [-0.3, -0.25) is 4.79 Å². The number of nitrogens with zero attached hydrogens (tertiary/aromatic N) is 1. The number of carbonyl (C=O) groups is 1. The van der Waals surface area contributed by atoms with E-state index in [1.807, 2.05) is 4.90 Å². The van der Waals surface area contributed by atoms with Crippen molar-refractivity contribution in [3.63, 3.8) is 0 Å². The van der Waals surface area contributed by atoms with Crippen LogP contribution in [0.2, 0.25) is 0 Å². The molecule has 0 aromatic heterocycles. The number of rotatable bonds is 2. The van der Waals surface area contributed by atoms with Crippen LogP contribution in [0.1, 0.15) is 47.0 Å². The number of hydrogen-bond donors (Lipinski definition) is 0. The molecule has 16 heavy (non-hydrogen) atoms. The van der Waals surface area contributed by atoms with E-state index in [4.69, 9.17) is 0 Å². The maximum atomic E-state index is 12.1. The van der Waals surface area contributed by atoms with E-state index in [1.165, 1.54) is 0 Å². The lowest BCUT2D eigenvalue weighted by Gasteiger charge is -2.33. The second-order valence-electron chi connectivity index (χ2n) is 6.03. The highest BCUT2D eigenvalue weighted by Gasteiger charge is 2.26. The highest BCUT2D eigenvalue weighted by molar-refractivity contribution is 9.09. The van der Waals surface area contributed by atoms with Crippen molar-refractivity contribution in [3.8, 4) is 0 Å². The number of carbonyl (C=O) groups excluding carboxylic acids is 1. The molecule has 0 aliphatic carbocycles. The highest BCUT2D eigenvalue weighted by Crippen LogP contribution is 2.29. The molecule has 1 rings (SSSR count). The molecule has 94 valence electrons. The summed E-state index contributed by atoms with van der Waals surface area (Å²) in [6.45, 7) is 10.6. The molecule has 2 nitrogen and oxygen atoms in total. The van der Waals surface area contributed by atoms with Crippen LogP contribution in [0.4, 0.5) is 0 Å². The lowest BCUT2D eigenvalue weighted by atomic mass is 9.80. The molecule has 1 saturated heterocycles. The predicted molar refractivity (Wildman–Crippen MR) is 71.8 cm³/mol. The summed E-state index contributed by atoms with van der Waals surface area (Å²) in [5, 5.41) is 0. The third kappa shape index (κ3) is 4.08. The molecule has 1 heterocycles. The van der Waals surface area contributed by atoms with Gasteiger partial charge in [0.25, 0.3) is 0 Å². The minimum absolute atomic E-state index is 0.226. The van der Waals surface area contributed by atoms with E-state index in [1.54, 1.807) is 0 Å². The Bertz CT molecular complexity index is 239. The average molecular weight is 290 g/mol. The third-order valence-corrected chi connectivity index (χ3v) is 4.65. The van der Waals surface area contributed by atoms with Gasteiger partial charge in [0.05, 0.1) is 0 Å². The third-order valence-electron chi connectivity index (χ3n) is 3.74. The minimum atomic E-state index is 0.226. The van der Waals surface area contributed by atoms with Gasteiger partial charge in [-0.25, -0.2) is 0 Å². The van der Waals surface area contributed by atoms with Gasteiger partial charge in [0.2, 0.25) is 5.91 Å². The summed E-state index contributed by atoms with van der Waals surface area (Å²) in [6, 6.07) is 0. The van der Waals surface area contributed by atoms with E-state index in [9.17, 15) is 4.79 Å². The molecular formula is C13H24BrNO. The Morgan fingerprint density at radius 3 is 2.31 bits per heavy atom. The Balaban J connectivity index is 2.41. The lowest BCUT2D eigenvalue weighted by molar-refractivity contribution is -0.133. The summed E-state index contributed by atoms with van der Waals surface area (Å²) in [7, 11) is 0. The maximum absolute atomic E-state index is 12.1. The Labute approximate surface area is 108 Å². The van der Waals surface area contributed by atoms with Crippen molar-refractivity contribution in [2.24, 2.45) is 11.3 Å². The fourth-order valence-corrected chi connectivity index (χ4v) is 2.20. The second kappa shape index (κ2) is 5.52. The summed E-state index contributed by atoms with van der Waals surface area (Å²) in [4.78, 5) is 14.7. The van der Waals surface area contributed by atoms with Gasteiger partial charge >= 0.3 is 0 Å². The first-order valence-electron chi connectivity index (χ1n) is 6.22. The number of alkyl halides is 1. The molecular weight excluding hydrogens is 266 g/mol. The molecule has 1 aliphatic rings. The molecule has 0 spiro atoms. The molecule has 1 fully saturated rings. The summed E-state index contributed by atoms with van der Waals surface area (Å²) < 4.78 is 0. The zero-order valence-electron chi connectivity index (χ0n) is 10.9. The molecule has 1 unspecified atom stereocenters. The monoisotopic (exact) mass is 289 g/mol. The fraction of sp³-hybridized carbons (Fsp3) is 0.923. The van der Waals surface area contributed by atoms with Crippen molar-refractivity contribution in [1.29, 1.82) is 0 Å². The van der Waals surface area contributed by atoms with Crippen LogP contribution in [-0.2, 0) is 4.79 Å². The van der Waals surface area contributed by atoms with Crippen molar-refractivity contribution in [1.82, 2.24) is 4.90 Å². The SMILES string of the molecule is CC(CC(=O)N1CCC(Br)CC1)C(C)(C)C. The quantitative estimate of drug-likeness (QED) is 0.713. The molecule has 0 aromatic carbocycles. The van der Waals surface area contributed by atoms with Crippen LogP contribution in [0.15, 0.2) is 0 Å². The summed E-state index contributed by atoms with van der Waals surface area (Å²) >= 11 is 3.61. The van der Waals surface area contributed by atoms with Gasteiger partial charge in [-0.2, -0.15) is 0 Å². The van der Waals surface area contributed by atoms with Gasteiger partial charge in [-0.05, 0) is 24.2 Å². The van der Waals surface area contributed by atoms with Crippen LogP contribution >= 0.6 is 15.9 Å². The Morgan fingerprint density at radius 1 is 1.38 bits per heavy atom. The average Bonchev–Trinajstić information content (AvgIpc) is 2.17. The van der Waals surface area contributed by atoms with Gasteiger partial charge in [-0.15, -0.1) is 0 Å². The van der Waals surface area contributed by atoms with Gasteiger partial charge in [0, 0.05) is 24.3 Å². The summed E-state index contributed by atoms with van der Waals surface area (Å²) in [5.41, 5.74) is 0.226. The molecule has 0 bridgehead atoms. The molecule has 1 aliphatic heterocycles. The molecule has 3 heteroatoms. The second-order valence-corrected chi connectivity index (χ2v) is 7.32. The smallest absolute Gasteiger partial charge is 0.222 e. The first kappa shape index (κ1) is 14.0. The molecule has 0 N–H and O–H groups in total. The highest BCUT2D eigenvalue weighted by atomic mass is 79.9. The van der Waals surface area contributed by atoms with E-state index >= 15 is 0 Å². The minimum Gasteiger partial charge on any atom is -0.343 e. The zero-order valence-corrected chi connectivity index (χ0v) is 12.5. The van der Waals surface area contributed by atoms with Gasteiger partial charge < -0.3 is 4.90 Å². The molecule has 1 atom stereocenters. The molecule has 0 saturated carbocycles. The number of piperidine rings is 1. The molecule has 1 amide bonds. The van der Waals surface area contributed by atoms with E-state index in [-0.39, 0.29) is 5.41 Å². The Hall–Kier alpha value is -0.0500. The first-order chi connectivity index (χ1) is 7.30. The summed E-state index contributed by atoms with van der Waals surface area (Å²) in [5.74, 6) is 0.781. The van der Waals surface area contributed by atoms with Crippen LogP contribution in [0.5, 0.6) is 0 Å².